The van der Waals surface area contributed by atoms with Crippen LogP contribution in [-0.2, 0) is 12.8 Å². The lowest BCUT2D eigenvalue weighted by Gasteiger charge is -2.20. The monoisotopic (exact) mass is 295 g/mol. The van der Waals surface area contributed by atoms with Crippen LogP contribution in [0.1, 0.15) is 54.4 Å². The lowest BCUT2D eigenvalue weighted by Crippen LogP contribution is -2.43. The van der Waals surface area contributed by atoms with Crippen LogP contribution in [-0.4, -0.2) is 17.5 Å². The van der Waals surface area contributed by atoms with Gasteiger partial charge in [-0.05, 0) is 52.0 Å². The van der Waals surface area contributed by atoms with Crippen molar-refractivity contribution in [1.82, 2.24) is 5.32 Å². The zero-order valence-corrected chi connectivity index (χ0v) is 12.9. The highest BCUT2D eigenvalue weighted by Crippen LogP contribution is 2.37. The summed E-state index contributed by atoms with van der Waals surface area (Å²) in [5.74, 6) is -0.463. The highest BCUT2D eigenvalue weighted by atomic mass is 32.1. The number of aryl methyl sites for hydroxylation is 1. The van der Waals surface area contributed by atoms with Crippen molar-refractivity contribution in [2.24, 2.45) is 5.73 Å². The quantitative estimate of drug-likeness (QED) is 0.783. The van der Waals surface area contributed by atoms with Gasteiger partial charge in [0, 0.05) is 10.4 Å². The molecule has 0 aromatic carbocycles. The molecule has 0 aliphatic heterocycles. The lowest BCUT2D eigenvalue weighted by atomic mass is 9.95. The lowest BCUT2D eigenvalue weighted by molar-refractivity contribution is 0.100. The summed E-state index contributed by atoms with van der Waals surface area (Å²) in [7, 11) is 0. The molecule has 0 fully saturated rings. The van der Waals surface area contributed by atoms with E-state index in [0.717, 1.165) is 31.2 Å². The van der Waals surface area contributed by atoms with E-state index in [2.05, 4.69) is 10.6 Å². The number of fused-ring (bicyclic) bond motifs is 1. The van der Waals surface area contributed by atoms with Crippen molar-refractivity contribution >= 4 is 28.3 Å². The first-order chi connectivity index (χ1) is 9.28. The molecule has 20 heavy (non-hydrogen) atoms. The Hall–Kier alpha value is -1.56. The number of anilines is 1. The number of carbonyl (C=O) groups excluding carboxylic acids is 2. The van der Waals surface area contributed by atoms with Crippen LogP contribution in [0.5, 0.6) is 0 Å². The predicted octanol–water partition coefficient (Wildman–Crippen LogP) is 2.65. The number of urea groups is 1. The fourth-order valence-electron chi connectivity index (χ4n) is 2.39. The van der Waals surface area contributed by atoms with Gasteiger partial charge < -0.3 is 11.1 Å². The number of nitrogens with one attached hydrogen (secondary N) is 2. The summed E-state index contributed by atoms with van der Waals surface area (Å²) in [6, 6.07) is -0.307. The Morgan fingerprint density at radius 2 is 1.85 bits per heavy atom. The number of hydrogen-bond donors (Lipinski definition) is 3. The van der Waals surface area contributed by atoms with E-state index >= 15 is 0 Å². The van der Waals surface area contributed by atoms with Crippen molar-refractivity contribution in [2.75, 3.05) is 5.32 Å². The standard InChI is InChI=1S/C14H21N3O2S/c1-14(2,3)17-13(19)16-12-10(11(15)18)8-6-4-5-7-9(8)20-12/h4-7H2,1-3H3,(H2,15,18)(H2,16,17,19). The average molecular weight is 295 g/mol. The minimum atomic E-state index is -0.463. The molecule has 0 saturated carbocycles. The summed E-state index contributed by atoms with van der Waals surface area (Å²) in [5.41, 5.74) is 6.68. The van der Waals surface area contributed by atoms with Crippen LogP contribution in [0.2, 0.25) is 0 Å². The van der Waals surface area contributed by atoms with Crippen molar-refractivity contribution in [2.45, 2.75) is 52.0 Å². The molecule has 0 unspecified atom stereocenters. The van der Waals surface area contributed by atoms with Crippen LogP contribution < -0.4 is 16.4 Å². The summed E-state index contributed by atoms with van der Waals surface area (Å²) >= 11 is 1.47. The van der Waals surface area contributed by atoms with Crippen LogP contribution in [0.15, 0.2) is 0 Å². The first-order valence-corrected chi connectivity index (χ1v) is 7.63. The Morgan fingerprint density at radius 3 is 2.45 bits per heavy atom. The molecule has 6 heteroatoms. The van der Waals surface area contributed by atoms with Gasteiger partial charge in [-0.2, -0.15) is 0 Å². The van der Waals surface area contributed by atoms with E-state index in [-0.39, 0.29) is 11.6 Å². The molecular formula is C14H21N3O2S. The Kier molecular flexibility index (Phi) is 4.04. The summed E-state index contributed by atoms with van der Waals surface area (Å²) in [6.45, 7) is 5.71. The van der Waals surface area contributed by atoms with Gasteiger partial charge in [0.1, 0.15) is 5.00 Å². The summed E-state index contributed by atoms with van der Waals surface area (Å²) < 4.78 is 0. The van der Waals surface area contributed by atoms with Gasteiger partial charge in [-0.15, -0.1) is 11.3 Å². The van der Waals surface area contributed by atoms with Crippen molar-refractivity contribution in [3.63, 3.8) is 0 Å². The van der Waals surface area contributed by atoms with E-state index in [4.69, 9.17) is 5.73 Å². The van der Waals surface area contributed by atoms with Crippen molar-refractivity contribution < 1.29 is 9.59 Å². The molecule has 0 bridgehead atoms. The number of carbonyl (C=O) groups is 2. The number of hydrogen-bond acceptors (Lipinski definition) is 3. The Bertz CT molecular complexity index is 543. The summed E-state index contributed by atoms with van der Waals surface area (Å²) in [4.78, 5) is 24.8. The van der Waals surface area contributed by atoms with Gasteiger partial charge in [-0.1, -0.05) is 0 Å². The minimum Gasteiger partial charge on any atom is -0.365 e. The highest BCUT2D eigenvalue weighted by molar-refractivity contribution is 7.17. The first kappa shape index (κ1) is 14.8. The number of thiophene rings is 1. The molecule has 110 valence electrons. The third kappa shape index (κ3) is 3.30. The molecule has 1 heterocycles. The number of primary amides is 1. The molecule has 0 radical (unpaired) electrons. The van der Waals surface area contributed by atoms with Crippen LogP contribution in [0, 0.1) is 0 Å². The molecule has 5 nitrogen and oxygen atoms in total. The van der Waals surface area contributed by atoms with Crippen molar-refractivity contribution in [3.05, 3.63) is 16.0 Å². The molecule has 0 saturated heterocycles. The Labute approximate surface area is 122 Å². The third-order valence-electron chi connectivity index (χ3n) is 3.13. The first-order valence-electron chi connectivity index (χ1n) is 6.81. The van der Waals surface area contributed by atoms with E-state index in [1.807, 2.05) is 20.8 Å². The van der Waals surface area contributed by atoms with Gasteiger partial charge in [0.15, 0.2) is 0 Å². The number of amides is 3. The average Bonchev–Trinajstić information content (AvgIpc) is 2.63. The second-order valence-corrected chi connectivity index (χ2v) is 7.21. The van der Waals surface area contributed by atoms with E-state index in [9.17, 15) is 9.59 Å². The molecule has 3 amide bonds. The number of nitrogens with two attached hydrogens (primary N) is 1. The van der Waals surface area contributed by atoms with Crippen LogP contribution in [0.3, 0.4) is 0 Å². The van der Waals surface area contributed by atoms with Crippen LogP contribution >= 0.6 is 11.3 Å². The van der Waals surface area contributed by atoms with E-state index in [1.165, 1.54) is 16.2 Å². The third-order valence-corrected chi connectivity index (χ3v) is 4.34. The maximum absolute atomic E-state index is 11.9. The second-order valence-electron chi connectivity index (χ2n) is 6.11. The zero-order valence-electron chi connectivity index (χ0n) is 12.1. The maximum Gasteiger partial charge on any atom is 0.320 e. The largest absolute Gasteiger partial charge is 0.365 e. The molecule has 0 atom stereocenters. The van der Waals surface area contributed by atoms with Gasteiger partial charge in [0.2, 0.25) is 0 Å². The fourth-order valence-corrected chi connectivity index (χ4v) is 3.68. The van der Waals surface area contributed by atoms with Crippen LogP contribution in [0.25, 0.3) is 0 Å². The SMILES string of the molecule is CC(C)(C)NC(=O)Nc1sc2c(c1C(N)=O)CCCC2. The minimum absolute atomic E-state index is 0.307. The molecule has 2 rings (SSSR count). The Morgan fingerprint density at radius 1 is 1.20 bits per heavy atom. The van der Waals surface area contributed by atoms with E-state index in [0.29, 0.717) is 10.6 Å². The fraction of sp³-hybridized carbons (Fsp3) is 0.571. The van der Waals surface area contributed by atoms with Gasteiger partial charge in [-0.25, -0.2) is 4.79 Å². The molecule has 1 aromatic rings. The molecule has 1 aliphatic carbocycles. The summed E-state index contributed by atoms with van der Waals surface area (Å²) in [6.07, 6.45) is 4.02. The maximum atomic E-state index is 11.9. The van der Waals surface area contributed by atoms with Gasteiger partial charge in [0.05, 0.1) is 5.56 Å². The molecule has 0 spiro atoms. The molecule has 1 aliphatic rings. The summed E-state index contributed by atoms with van der Waals surface area (Å²) in [5, 5.41) is 6.17. The molecular weight excluding hydrogens is 274 g/mol. The van der Waals surface area contributed by atoms with E-state index < -0.39 is 5.91 Å². The smallest absolute Gasteiger partial charge is 0.320 e. The van der Waals surface area contributed by atoms with E-state index in [1.54, 1.807) is 0 Å². The normalized spacial score (nSPS) is 14.6. The van der Waals surface area contributed by atoms with Crippen molar-refractivity contribution in [3.8, 4) is 0 Å². The highest BCUT2D eigenvalue weighted by Gasteiger charge is 2.25. The zero-order chi connectivity index (χ0) is 14.9. The van der Waals surface area contributed by atoms with Gasteiger partial charge >= 0.3 is 6.03 Å². The molecule has 4 N–H and O–H groups in total. The number of rotatable bonds is 2. The molecule has 1 aromatic heterocycles. The van der Waals surface area contributed by atoms with Gasteiger partial charge in [0.25, 0.3) is 5.91 Å². The van der Waals surface area contributed by atoms with Gasteiger partial charge in [-0.3, -0.25) is 10.1 Å². The van der Waals surface area contributed by atoms with Crippen LogP contribution in [0.4, 0.5) is 9.80 Å². The van der Waals surface area contributed by atoms with Crippen molar-refractivity contribution in [1.29, 1.82) is 0 Å². The topological polar surface area (TPSA) is 84.2 Å². The predicted molar refractivity (Wildman–Crippen MR) is 81.4 cm³/mol. The second kappa shape index (κ2) is 5.44. The Balaban J connectivity index is 2.25.